The molecule has 6 heteroatoms. The molecule has 0 atom stereocenters. The van der Waals surface area contributed by atoms with Gasteiger partial charge in [0, 0.05) is 22.4 Å². The predicted molar refractivity (Wildman–Crippen MR) is 119 cm³/mol. The van der Waals surface area contributed by atoms with Crippen molar-refractivity contribution in [1.29, 1.82) is 5.26 Å². The third-order valence-corrected chi connectivity index (χ3v) is 5.20. The van der Waals surface area contributed by atoms with Gasteiger partial charge >= 0.3 is 0 Å². The van der Waals surface area contributed by atoms with Crippen LogP contribution < -0.4 is 9.47 Å². The molecule has 1 N–H and O–H groups in total. The van der Waals surface area contributed by atoms with E-state index in [1.54, 1.807) is 25.4 Å². The largest absolute Gasteiger partial charge is 0.493 e. The second-order valence-corrected chi connectivity index (χ2v) is 7.10. The highest BCUT2D eigenvalue weighted by Gasteiger charge is 2.16. The van der Waals surface area contributed by atoms with Crippen molar-refractivity contribution in [2.24, 2.45) is 0 Å². The summed E-state index contributed by atoms with van der Waals surface area (Å²) >= 11 is 0. The Balaban J connectivity index is 1.64. The topological polar surface area (TPSA) is 83.8 Å². The van der Waals surface area contributed by atoms with E-state index in [2.05, 4.69) is 21.3 Å². The van der Waals surface area contributed by atoms with Crippen LogP contribution in [0.2, 0.25) is 0 Å². The Morgan fingerprint density at radius 3 is 2.55 bits per heavy atom. The Morgan fingerprint density at radius 2 is 1.81 bits per heavy atom. The number of aromatic nitrogens is 3. The van der Waals surface area contributed by atoms with Gasteiger partial charge < -0.3 is 9.47 Å². The Kier molecular flexibility index (Phi) is 4.70. The molecule has 0 spiro atoms. The number of rotatable bonds is 5. The van der Waals surface area contributed by atoms with Gasteiger partial charge in [0.15, 0.2) is 11.5 Å². The van der Waals surface area contributed by atoms with E-state index in [-0.39, 0.29) is 0 Å². The van der Waals surface area contributed by atoms with Gasteiger partial charge in [-0.2, -0.15) is 10.4 Å². The average molecular weight is 406 g/mol. The molecule has 150 valence electrons. The van der Waals surface area contributed by atoms with Gasteiger partial charge in [0.05, 0.1) is 36.0 Å². The van der Waals surface area contributed by atoms with Crippen LogP contribution in [0, 0.1) is 11.3 Å². The fourth-order valence-electron chi connectivity index (χ4n) is 3.63. The zero-order valence-corrected chi connectivity index (χ0v) is 16.8. The Hall–Kier alpha value is -4.37. The molecule has 0 unspecified atom stereocenters. The highest BCUT2D eigenvalue weighted by atomic mass is 16.5. The second kappa shape index (κ2) is 7.81. The molecule has 0 amide bonds. The molecule has 0 saturated carbocycles. The van der Waals surface area contributed by atoms with Gasteiger partial charge in [0.25, 0.3) is 0 Å². The standard InChI is InChI=1S/C25H18N4O2/c1-30-22-12-20-19(11-23(22)31-15-17-5-3-2-4-6-17)24-21(14-27-20)28-29-25(24)18-9-7-16(13-26)8-10-18/h2-12,14H,15H2,1H3,(H,28,29). The molecule has 5 aromatic rings. The minimum absolute atomic E-state index is 0.431. The van der Waals surface area contributed by atoms with Crippen molar-refractivity contribution in [2.45, 2.75) is 6.61 Å². The molecular weight excluding hydrogens is 388 g/mol. The molecule has 0 aliphatic heterocycles. The maximum absolute atomic E-state index is 9.08. The van der Waals surface area contributed by atoms with Gasteiger partial charge in [-0.3, -0.25) is 10.1 Å². The molecule has 0 fully saturated rings. The van der Waals surface area contributed by atoms with Crippen molar-refractivity contribution in [3.63, 3.8) is 0 Å². The van der Waals surface area contributed by atoms with Crippen LogP contribution in [0.1, 0.15) is 11.1 Å². The Morgan fingerprint density at radius 1 is 1.00 bits per heavy atom. The summed E-state index contributed by atoms with van der Waals surface area (Å²) in [5, 5.41) is 18.5. The summed E-state index contributed by atoms with van der Waals surface area (Å²) in [6.45, 7) is 0.431. The van der Waals surface area contributed by atoms with Gasteiger partial charge in [0.2, 0.25) is 0 Å². The first-order valence-electron chi connectivity index (χ1n) is 9.79. The first kappa shape index (κ1) is 18.6. The molecule has 2 aromatic heterocycles. The number of nitriles is 1. The van der Waals surface area contributed by atoms with Gasteiger partial charge in [-0.25, -0.2) is 0 Å². The predicted octanol–water partition coefficient (Wildman–Crippen LogP) is 5.24. The molecule has 0 bridgehead atoms. The molecule has 0 radical (unpaired) electrons. The lowest BCUT2D eigenvalue weighted by Gasteiger charge is -2.12. The average Bonchev–Trinajstić information content (AvgIpc) is 3.27. The quantitative estimate of drug-likeness (QED) is 0.432. The molecule has 0 aliphatic rings. The van der Waals surface area contributed by atoms with E-state index in [1.165, 1.54) is 0 Å². The third kappa shape index (κ3) is 3.43. The summed E-state index contributed by atoms with van der Waals surface area (Å²) in [5.74, 6) is 1.26. The molecule has 6 nitrogen and oxygen atoms in total. The maximum atomic E-state index is 9.08. The molecule has 5 rings (SSSR count). The molecular formula is C25H18N4O2. The summed E-state index contributed by atoms with van der Waals surface area (Å²) in [6, 6.07) is 23.3. The lowest BCUT2D eigenvalue weighted by Crippen LogP contribution is -1.98. The van der Waals surface area contributed by atoms with Crippen molar-refractivity contribution < 1.29 is 9.47 Å². The van der Waals surface area contributed by atoms with Crippen molar-refractivity contribution in [1.82, 2.24) is 15.2 Å². The number of nitrogens with zero attached hydrogens (tertiary/aromatic N) is 3. The number of hydrogen-bond donors (Lipinski definition) is 1. The second-order valence-electron chi connectivity index (χ2n) is 7.10. The van der Waals surface area contributed by atoms with Gasteiger partial charge in [-0.15, -0.1) is 0 Å². The number of hydrogen-bond acceptors (Lipinski definition) is 5. The van der Waals surface area contributed by atoms with Crippen LogP contribution in [0.5, 0.6) is 11.5 Å². The highest BCUT2D eigenvalue weighted by molar-refractivity contribution is 6.11. The summed E-state index contributed by atoms with van der Waals surface area (Å²) in [4.78, 5) is 4.56. The monoisotopic (exact) mass is 406 g/mol. The number of fused-ring (bicyclic) bond motifs is 3. The first-order valence-corrected chi connectivity index (χ1v) is 9.79. The van der Waals surface area contributed by atoms with Crippen LogP contribution >= 0.6 is 0 Å². The summed E-state index contributed by atoms with van der Waals surface area (Å²) in [6.07, 6.45) is 1.77. The maximum Gasteiger partial charge on any atom is 0.162 e. The van der Waals surface area contributed by atoms with E-state index in [4.69, 9.17) is 14.7 Å². The summed E-state index contributed by atoms with van der Waals surface area (Å²) in [7, 11) is 1.62. The number of ether oxygens (including phenoxy) is 2. The molecule has 2 heterocycles. The first-order chi connectivity index (χ1) is 15.3. The van der Waals surface area contributed by atoms with Crippen LogP contribution in [0.25, 0.3) is 33.1 Å². The number of pyridine rings is 1. The van der Waals surface area contributed by atoms with E-state index >= 15 is 0 Å². The number of H-pyrrole nitrogens is 1. The van der Waals surface area contributed by atoms with Crippen molar-refractivity contribution >= 4 is 21.8 Å². The van der Waals surface area contributed by atoms with Crippen LogP contribution in [0.4, 0.5) is 0 Å². The van der Waals surface area contributed by atoms with E-state index in [0.717, 1.165) is 38.6 Å². The normalized spacial score (nSPS) is 10.8. The Bertz CT molecular complexity index is 1420. The van der Waals surface area contributed by atoms with E-state index in [9.17, 15) is 0 Å². The van der Waals surface area contributed by atoms with Crippen LogP contribution in [-0.2, 0) is 6.61 Å². The third-order valence-electron chi connectivity index (χ3n) is 5.20. The van der Waals surface area contributed by atoms with Crippen molar-refractivity contribution in [3.05, 3.63) is 84.1 Å². The fraction of sp³-hybridized carbons (Fsp3) is 0.0800. The van der Waals surface area contributed by atoms with Gasteiger partial charge in [-0.05, 0) is 23.8 Å². The molecule has 0 aliphatic carbocycles. The highest BCUT2D eigenvalue weighted by Crippen LogP contribution is 2.38. The number of methoxy groups -OCH3 is 1. The minimum atomic E-state index is 0.431. The summed E-state index contributed by atoms with van der Waals surface area (Å²) in [5.41, 5.74) is 5.00. The van der Waals surface area contributed by atoms with Crippen LogP contribution in [0.3, 0.4) is 0 Å². The zero-order chi connectivity index (χ0) is 21.2. The number of nitrogens with one attached hydrogen (secondary N) is 1. The van der Waals surface area contributed by atoms with Crippen molar-refractivity contribution in [3.8, 4) is 28.8 Å². The number of benzene rings is 3. The van der Waals surface area contributed by atoms with Gasteiger partial charge in [0.1, 0.15) is 12.3 Å². The smallest absolute Gasteiger partial charge is 0.162 e. The fourth-order valence-corrected chi connectivity index (χ4v) is 3.63. The van der Waals surface area contributed by atoms with E-state index < -0.39 is 0 Å². The number of aromatic amines is 1. The molecule has 3 aromatic carbocycles. The molecule has 31 heavy (non-hydrogen) atoms. The van der Waals surface area contributed by atoms with Crippen LogP contribution in [0.15, 0.2) is 72.9 Å². The van der Waals surface area contributed by atoms with E-state index in [1.807, 2.05) is 54.6 Å². The Labute approximate surface area is 178 Å². The van der Waals surface area contributed by atoms with Crippen LogP contribution in [-0.4, -0.2) is 22.3 Å². The SMILES string of the molecule is COc1cc2ncc3[nH]nc(-c4ccc(C#N)cc4)c3c2cc1OCc1ccccc1. The lowest BCUT2D eigenvalue weighted by atomic mass is 10.0. The lowest BCUT2D eigenvalue weighted by molar-refractivity contribution is 0.285. The summed E-state index contributed by atoms with van der Waals surface area (Å²) < 4.78 is 11.7. The van der Waals surface area contributed by atoms with Gasteiger partial charge in [-0.1, -0.05) is 42.5 Å². The van der Waals surface area contributed by atoms with Crippen molar-refractivity contribution in [2.75, 3.05) is 7.11 Å². The zero-order valence-electron chi connectivity index (χ0n) is 16.8. The molecule has 0 saturated heterocycles. The van der Waals surface area contributed by atoms with E-state index in [0.29, 0.717) is 23.7 Å². The minimum Gasteiger partial charge on any atom is -0.493 e.